The van der Waals surface area contributed by atoms with Crippen LogP contribution >= 0.6 is 0 Å². The highest BCUT2D eigenvalue weighted by atomic mass is 16.5. The fourth-order valence-corrected chi connectivity index (χ4v) is 2.31. The average Bonchev–Trinajstić information content (AvgIpc) is 2.47. The molecule has 104 valence electrons. The third kappa shape index (κ3) is 3.11. The number of oxime groups is 1. The van der Waals surface area contributed by atoms with Crippen LogP contribution in [0.2, 0.25) is 0 Å². The molecule has 1 aliphatic rings. The van der Waals surface area contributed by atoms with Crippen molar-refractivity contribution in [1.82, 2.24) is 10.2 Å². The van der Waals surface area contributed by atoms with E-state index in [0.29, 0.717) is 18.0 Å². The summed E-state index contributed by atoms with van der Waals surface area (Å²) >= 11 is 0. The molecular weight excluding hydrogens is 246 g/mol. The second-order valence-corrected chi connectivity index (χ2v) is 4.42. The van der Waals surface area contributed by atoms with Crippen molar-refractivity contribution in [3.63, 3.8) is 0 Å². The molecule has 0 bridgehead atoms. The maximum atomic E-state index is 8.82. The van der Waals surface area contributed by atoms with Gasteiger partial charge in [0.25, 0.3) is 0 Å². The van der Waals surface area contributed by atoms with Crippen LogP contribution in [-0.2, 0) is 4.74 Å². The number of aromatic nitrogens is 2. The summed E-state index contributed by atoms with van der Waals surface area (Å²) in [5, 5.41) is 19.9. The number of anilines is 1. The zero-order valence-electron chi connectivity index (χ0n) is 11.0. The molecule has 19 heavy (non-hydrogen) atoms. The molecule has 1 aromatic heterocycles. The van der Waals surface area contributed by atoms with Gasteiger partial charge in [0, 0.05) is 19.7 Å². The number of hydrogen-bond acceptors (Lipinski definition) is 6. The monoisotopic (exact) mass is 265 g/mol. The summed E-state index contributed by atoms with van der Waals surface area (Å²) in [5.41, 5.74) is 6.26. The molecule has 0 aliphatic carbocycles. The van der Waals surface area contributed by atoms with Crippen LogP contribution in [0.1, 0.15) is 25.3 Å². The second kappa shape index (κ2) is 6.33. The van der Waals surface area contributed by atoms with Crippen LogP contribution in [0, 0.1) is 0 Å². The van der Waals surface area contributed by atoms with Crippen LogP contribution in [0.15, 0.2) is 17.4 Å². The Morgan fingerprint density at radius 2 is 2.53 bits per heavy atom. The Kier molecular flexibility index (Phi) is 4.51. The Morgan fingerprint density at radius 3 is 3.26 bits per heavy atom. The first-order chi connectivity index (χ1) is 9.26. The standard InChI is InChI=1S/C12H19N5O2/c1-2-19-9-4-3-7-17(8-9)12-10(11(13)16-18)5-6-14-15-12/h5-6,9,18H,2-4,7-8H2,1H3,(H2,13,16). The Balaban J connectivity index is 2.21. The Bertz CT molecular complexity index is 450. The predicted octanol–water partition coefficient (Wildman–Crippen LogP) is 0.576. The van der Waals surface area contributed by atoms with E-state index in [4.69, 9.17) is 15.7 Å². The molecule has 0 saturated carbocycles. The highest BCUT2D eigenvalue weighted by molar-refractivity contribution is 6.01. The molecule has 0 radical (unpaired) electrons. The molecule has 0 spiro atoms. The van der Waals surface area contributed by atoms with Crippen LogP contribution < -0.4 is 10.6 Å². The van der Waals surface area contributed by atoms with Crippen molar-refractivity contribution in [2.75, 3.05) is 24.6 Å². The van der Waals surface area contributed by atoms with Crippen LogP contribution in [0.4, 0.5) is 5.82 Å². The molecule has 2 rings (SSSR count). The van der Waals surface area contributed by atoms with Crippen LogP contribution in [0.3, 0.4) is 0 Å². The average molecular weight is 265 g/mol. The van der Waals surface area contributed by atoms with Crippen molar-refractivity contribution in [3.05, 3.63) is 17.8 Å². The van der Waals surface area contributed by atoms with E-state index in [1.165, 1.54) is 6.20 Å². The van der Waals surface area contributed by atoms with Crippen molar-refractivity contribution < 1.29 is 9.94 Å². The third-order valence-corrected chi connectivity index (χ3v) is 3.16. The van der Waals surface area contributed by atoms with Crippen molar-refractivity contribution in [2.24, 2.45) is 10.9 Å². The van der Waals surface area contributed by atoms with Gasteiger partial charge >= 0.3 is 0 Å². The first-order valence-corrected chi connectivity index (χ1v) is 6.42. The van der Waals surface area contributed by atoms with E-state index >= 15 is 0 Å². The van der Waals surface area contributed by atoms with Crippen LogP contribution in [0.25, 0.3) is 0 Å². The highest BCUT2D eigenvalue weighted by Gasteiger charge is 2.24. The molecule has 1 atom stereocenters. The van der Waals surface area contributed by atoms with Gasteiger partial charge in [-0.05, 0) is 25.8 Å². The first kappa shape index (κ1) is 13.5. The smallest absolute Gasteiger partial charge is 0.173 e. The maximum absolute atomic E-state index is 8.82. The predicted molar refractivity (Wildman–Crippen MR) is 71.4 cm³/mol. The molecule has 1 aromatic rings. The van der Waals surface area contributed by atoms with Gasteiger partial charge in [-0.1, -0.05) is 5.16 Å². The van der Waals surface area contributed by atoms with E-state index in [1.54, 1.807) is 6.07 Å². The van der Waals surface area contributed by atoms with Crippen LogP contribution in [0.5, 0.6) is 0 Å². The summed E-state index contributed by atoms with van der Waals surface area (Å²) in [5.74, 6) is 0.686. The minimum absolute atomic E-state index is 0.0448. The summed E-state index contributed by atoms with van der Waals surface area (Å²) in [6.45, 7) is 4.31. The lowest BCUT2D eigenvalue weighted by atomic mass is 10.1. The minimum atomic E-state index is 0.0448. The van der Waals surface area contributed by atoms with E-state index in [9.17, 15) is 0 Å². The lowest BCUT2D eigenvalue weighted by molar-refractivity contribution is 0.0525. The number of nitrogens with two attached hydrogens (primary N) is 1. The van der Waals surface area contributed by atoms with Crippen molar-refractivity contribution in [3.8, 4) is 0 Å². The van der Waals surface area contributed by atoms with Crippen molar-refractivity contribution in [2.45, 2.75) is 25.9 Å². The summed E-state index contributed by atoms with van der Waals surface area (Å²) < 4.78 is 5.66. The lowest BCUT2D eigenvalue weighted by Crippen LogP contribution is -2.41. The molecule has 1 aliphatic heterocycles. The van der Waals surface area contributed by atoms with Gasteiger partial charge in [-0.15, -0.1) is 5.10 Å². The van der Waals surface area contributed by atoms with Crippen LogP contribution in [-0.4, -0.2) is 47.0 Å². The SMILES string of the molecule is CCOC1CCCN(c2nnccc2/C(N)=N/O)C1. The molecule has 1 fully saturated rings. The van der Waals surface area contributed by atoms with Gasteiger partial charge in [0.1, 0.15) is 0 Å². The summed E-state index contributed by atoms with van der Waals surface area (Å²) in [6.07, 6.45) is 3.79. The second-order valence-electron chi connectivity index (χ2n) is 4.42. The van der Waals surface area contributed by atoms with Gasteiger partial charge in [0.05, 0.1) is 17.9 Å². The van der Waals surface area contributed by atoms with E-state index in [0.717, 1.165) is 25.9 Å². The molecular formula is C12H19N5O2. The van der Waals surface area contributed by atoms with Gasteiger partial charge < -0.3 is 20.6 Å². The summed E-state index contributed by atoms with van der Waals surface area (Å²) in [4.78, 5) is 2.07. The molecule has 2 heterocycles. The Labute approximate surface area is 112 Å². The largest absolute Gasteiger partial charge is 0.409 e. The molecule has 7 heteroatoms. The molecule has 0 amide bonds. The van der Waals surface area contributed by atoms with Crippen molar-refractivity contribution >= 4 is 11.7 Å². The van der Waals surface area contributed by atoms with Gasteiger partial charge in [0.15, 0.2) is 11.7 Å². The van der Waals surface area contributed by atoms with E-state index in [2.05, 4.69) is 20.3 Å². The van der Waals surface area contributed by atoms with Crippen molar-refractivity contribution in [1.29, 1.82) is 0 Å². The number of nitrogens with zero attached hydrogens (tertiary/aromatic N) is 4. The third-order valence-electron chi connectivity index (χ3n) is 3.16. The topological polar surface area (TPSA) is 96.9 Å². The molecule has 1 saturated heterocycles. The van der Waals surface area contributed by atoms with Gasteiger partial charge in [-0.3, -0.25) is 0 Å². The Morgan fingerprint density at radius 1 is 1.68 bits per heavy atom. The number of rotatable bonds is 4. The number of piperidine rings is 1. The molecule has 3 N–H and O–H groups in total. The number of hydrogen-bond donors (Lipinski definition) is 2. The fraction of sp³-hybridized carbons (Fsp3) is 0.583. The van der Waals surface area contributed by atoms with Gasteiger partial charge in [-0.25, -0.2) is 0 Å². The Hall–Kier alpha value is -1.89. The van der Waals surface area contributed by atoms with Gasteiger partial charge in [-0.2, -0.15) is 5.10 Å². The normalized spacial score (nSPS) is 20.6. The number of amidine groups is 1. The maximum Gasteiger partial charge on any atom is 0.173 e. The fourth-order valence-electron chi connectivity index (χ4n) is 2.31. The minimum Gasteiger partial charge on any atom is -0.409 e. The molecule has 0 aromatic carbocycles. The van der Waals surface area contributed by atoms with Gasteiger partial charge in [0.2, 0.25) is 0 Å². The quantitative estimate of drug-likeness (QED) is 0.358. The zero-order chi connectivity index (χ0) is 13.7. The molecule has 7 nitrogen and oxygen atoms in total. The number of ether oxygens (including phenoxy) is 1. The van der Waals surface area contributed by atoms with E-state index < -0.39 is 0 Å². The zero-order valence-corrected chi connectivity index (χ0v) is 11.0. The summed E-state index contributed by atoms with van der Waals surface area (Å²) in [6, 6.07) is 1.70. The van der Waals surface area contributed by atoms with E-state index in [-0.39, 0.29) is 11.9 Å². The first-order valence-electron chi connectivity index (χ1n) is 6.42. The summed E-state index contributed by atoms with van der Waals surface area (Å²) in [7, 11) is 0. The van der Waals surface area contributed by atoms with E-state index in [1.807, 2.05) is 6.92 Å². The molecule has 1 unspecified atom stereocenters. The lowest BCUT2D eigenvalue weighted by Gasteiger charge is -2.33. The highest BCUT2D eigenvalue weighted by Crippen LogP contribution is 2.22.